The number of methoxy groups -OCH3 is 1. The van der Waals surface area contributed by atoms with E-state index in [4.69, 9.17) is 4.74 Å². The van der Waals surface area contributed by atoms with Gasteiger partial charge in [-0.1, -0.05) is 25.0 Å². The van der Waals surface area contributed by atoms with Gasteiger partial charge >= 0.3 is 0 Å². The van der Waals surface area contributed by atoms with E-state index in [1.807, 2.05) is 6.07 Å². The van der Waals surface area contributed by atoms with Crippen molar-refractivity contribution in [1.29, 1.82) is 0 Å². The molecule has 1 fully saturated rings. The summed E-state index contributed by atoms with van der Waals surface area (Å²) in [6.45, 7) is 3.10. The third-order valence-corrected chi connectivity index (χ3v) is 3.99. The molecule has 0 bridgehead atoms. The van der Waals surface area contributed by atoms with E-state index in [1.165, 1.54) is 18.4 Å². The summed E-state index contributed by atoms with van der Waals surface area (Å²) >= 11 is 0. The Bertz CT molecular complexity index is 397. The summed E-state index contributed by atoms with van der Waals surface area (Å²) in [6, 6.07) is 6.23. The summed E-state index contributed by atoms with van der Waals surface area (Å²) in [5, 5.41) is 13.1. The van der Waals surface area contributed by atoms with Crippen LogP contribution < -0.4 is 10.1 Å². The van der Waals surface area contributed by atoms with E-state index in [0.717, 1.165) is 30.7 Å². The van der Waals surface area contributed by atoms with Crippen molar-refractivity contribution in [2.24, 2.45) is 0 Å². The van der Waals surface area contributed by atoms with Crippen molar-refractivity contribution in [2.45, 2.75) is 44.7 Å². The van der Waals surface area contributed by atoms with E-state index in [1.54, 1.807) is 7.11 Å². The van der Waals surface area contributed by atoms with Crippen LogP contribution in [-0.4, -0.2) is 24.4 Å². The van der Waals surface area contributed by atoms with Crippen molar-refractivity contribution in [3.8, 4) is 5.75 Å². The Hall–Kier alpha value is -1.06. The number of aliphatic hydroxyl groups is 1. The van der Waals surface area contributed by atoms with Crippen LogP contribution in [0.2, 0.25) is 0 Å². The maximum Gasteiger partial charge on any atom is 0.121 e. The standard InChI is InChI=1S/C15H23NO2/c1-12-9-13(5-6-14(12)18-2)10-16-15(11-17)7-3-4-8-15/h5-6,9,16-17H,3-4,7-8,10-11H2,1-2H3. The van der Waals surface area contributed by atoms with Crippen LogP contribution in [0.3, 0.4) is 0 Å². The number of hydrogen-bond acceptors (Lipinski definition) is 3. The molecule has 2 rings (SSSR count). The van der Waals surface area contributed by atoms with E-state index in [0.29, 0.717) is 0 Å². The molecular weight excluding hydrogens is 226 g/mol. The molecule has 0 radical (unpaired) electrons. The first-order valence-corrected chi connectivity index (χ1v) is 6.68. The number of rotatable bonds is 5. The Morgan fingerprint density at radius 3 is 2.61 bits per heavy atom. The molecule has 1 aromatic rings. The summed E-state index contributed by atoms with van der Waals surface area (Å²) in [4.78, 5) is 0. The molecule has 1 aromatic carbocycles. The lowest BCUT2D eigenvalue weighted by molar-refractivity contribution is 0.163. The van der Waals surface area contributed by atoms with Crippen LogP contribution in [0.25, 0.3) is 0 Å². The molecule has 0 unspecified atom stereocenters. The molecule has 1 aliphatic carbocycles. The molecule has 1 aliphatic rings. The van der Waals surface area contributed by atoms with Crippen molar-refractivity contribution >= 4 is 0 Å². The maximum absolute atomic E-state index is 9.55. The molecule has 3 nitrogen and oxygen atoms in total. The minimum Gasteiger partial charge on any atom is -0.496 e. The van der Waals surface area contributed by atoms with Gasteiger partial charge in [0.25, 0.3) is 0 Å². The molecule has 0 atom stereocenters. The second-order valence-electron chi connectivity index (χ2n) is 5.30. The number of nitrogens with one attached hydrogen (secondary N) is 1. The molecule has 0 amide bonds. The van der Waals surface area contributed by atoms with Gasteiger partial charge in [0.05, 0.1) is 13.7 Å². The largest absolute Gasteiger partial charge is 0.496 e. The van der Waals surface area contributed by atoms with Gasteiger partial charge in [0.15, 0.2) is 0 Å². The molecule has 18 heavy (non-hydrogen) atoms. The molecule has 100 valence electrons. The zero-order chi connectivity index (χ0) is 13.0. The van der Waals surface area contributed by atoms with E-state index in [2.05, 4.69) is 24.4 Å². The average molecular weight is 249 g/mol. The van der Waals surface area contributed by atoms with Crippen molar-refractivity contribution in [1.82, 2.24) is 5.32 Å². The Balaban J connectivity index is 1.99. The van der Waals surface area contributed by atoms with Crippen LogP contribution in [0.4, 0.5) is 0 Å². The summed E-state index contributed by atoms with van der Waals surface area (Å²) in [7, 11) is 1.69. The zero-order valence-electron chi connectivity index (χ0n) is 11.3. The molecule has 1 saturated carbocycles. The van der Waals surface area contributed by atoms with Crippen LogP contribution in [0.5, 0.6) is 5.75 Å². The highest BCUT2D eigenvalue weighted by Crippen LogP contribution is 2.29. The van der Waals surface area contributed by atoms with Gasteiger partial charge in [0.2, 0.25) is 0 Å². The lowest BCUT2D eigenvalue weighted by atomic mass is 9.98. The molecule has 0 saturated heterocycles. The Labute approximate surface area is 109 Å². The fourth-order valence-electron chi connectivity index (χ4n) is 2.78. The number of aryl methyl sites for hydroxylation is 1. The Morgan fingerprint density at radius 1 is 1.33 bits per heavy atom. The Morgan fingerprint density at radius 2 is 2.06 bits per heavy atom. The van der Waals surface area contributed by atoms with Crippen molar-refractivity contribution in [2.75, 3.05) is 13.7 Å². The lowest BCUT2D eigenvalue weighted by Gasteiger charge is -2.28. The highest BCUT2D eigenvalue weighted by Gasteiger charge is 2.32. The van der Waals surface area contributed by atoms with Gasteiger partial charge in [-0.3, -0.25) is 0 Å². The monoisotopic (exact) mass is 249 g/mol. The predicted molar refractivity (Wildman–Crippen MR) is 72.9 cm³/mol. The minimum atomic E-state index is -0.0478. The number of hydrogen-bond donors (Lipinski definition) is 2. The Kier molecular flexibility index (Phi) is 4.25. The quantitative estimate of drug-likeness (QED) is 0.842. The summed E-state index contributed by atoms with van der Waals surface area (Å²) in [6.07, 6.45) is 4.60. The van der Waals surface area contributed by atoms with Gasteiger partial charge in [-0.25, -0.2) is 0 Å². The molecule has 2 N–H and O–H groups in total. The molecule has 0 aliphatic heterocycles. The summed E-state index contributed by atoms with van der Waals surface area (Å²) in [5.74, 6) is 0.927. The fraction of sp³-hybridized carbons (Fsp3) is 0.600. The molecule has 0 spiro atoms. The van der Waals surface area contributed by atoms with Crippen molar-refractivity contribution in [3.05, 3.63) is 29.3 Å². The van der Waals surface area contributed by atoms with Crippen LogP contribution in [-0.2, 0) is 6.54 Å². The first kappa shape index (κ1) is 13.4. The van der Waals surface area contributed by atoms with Gasteiger partial charge < -0.3 is 15.2 Å². The molecular formula is C15H23NO2. The molecule has 0 aromatic heterocycles. The van der Waals surface area contributed by atoms with Crippen LogP contribution in [0, 0.1) is 6.92 Å². The zero-order valence-corrected chi connectivity index (χ0v) is 11.3. The van der Waals surface area contributed by atoms with Gasteiger partial charge in [0.1, 0.15) is 5.75 Å². The fourth-order valence-corrected chi connectivity index (χ4v) is 2.78. The third-order valence-electron chi connectivity index (χ3n) is 3.99. The number of ether oxygens (including phenoxy) is 1. The minimum absolute atomic E-state index is 0.0478. The SMILES string of the molecule is COc1ccc(CNC2(CO)CCCC2)cc1C. The lowest BCUT2D eigenvalue weighted by Crippen LogP contribution is -2.45. The summed E-state index contributed by atoms with van der Waals surface area (Å²) < 4.78 is 5.26. The molecule has 3 heteroatoms. The van der Waals surface area contributed by atoms with Gasteiger partial charge in [-0.05, 0) is 37.0 Å². The highest BCUT2D eigenvalue weighted by atomic mass is 16.5. The average Bonchev–Trinajstić information content (AvgIpc) is 2.86. The van der Waals surface area contributed by atoms with E-state index < -0.39 is 0 Å². The van der Waals surface area contributed by atoms with E-state index >= 15 is 0 Å². The summed E-state index contributed by atoms with van der Waals surface area (Å²) in [5.41, 5.74) is 2.35. The van der Waals surface area contributed by atoms with Gasteiger partial charge in [-0.15, -0.1) is 0 Å². The van der Waals surface area contributed by atoms with Crippen LogP contribution in [0.15, 0.2) is 18.2 Å². The topological polar surface area (TPSA) is 41.5 Å². The normalized spacial score (nSPS) is 17.9. The van der Waals surface area contributed by atoms with Crippen molar-refractivity contribution < 1.29 is 9.84 Å². The van der Waals surface area contributed by atoms with Crippen molar-refractivity contribution in [3.63, 3.8) is 0 Å². The number of benzene rings is 1. The second-order valence-corrected chi connectivity index (χ2v) is 5.30. The van der Waals surface area contributed by atoms with Crippen LogP contribution in [0.1, 0.15) is 36.8 Å². The van der Waals surface area contributed by atoms with E-state index in [9.17, 15) is 5.11 Å². The first-order valence-electron chi connectivity index (χ1n) is 6.68. The van der Waals surface area contributed by atoms with Gasteiger partial charge in [0, 0.05) is 12.1 Å². The highest BCUT2D eigenvalue weighted by molar-refractivity contribution is 5.36. The van der Waals surface area contributed by atoms with Gasteiger partial charge in [-0.2, -0.15) is 0 Å². The first-order chi connectivity index (χ1) is 8.69. The van der Waals surface area contributed by atoms with Crippen LogP contribution >= 0.6 is 0 Å². The number of aliphatic hydroxyl groups excluding tert-OH is 1. The third kappa shape index (κ3) is 2.85. The smallest absolute Gasteiger partial charge is 0.121 e. The molecule has 0 heterocycles. The predicted octanol–water partition coefficient (Wildman–Crippen LogP) is 2.40. The maximum atomic E-state index is 9.55. The second kappa shape index (κ2) is 5.72. The van der Waals surface area contributed by atoms with E-state index in [-0.39, 0.29) is 12.1 Å².